The summed E-state index contributed by atoms with van der Waals surface area (Å²) < 4.78 is 18.7. The number of esters is 2. The van der Waals surface area contributed by atoms with Gasteiger partial charge in [0.05, 0.1) is 27.1 Å². The second-order valence-corrected chi connectivity index (χ2v) is 8.14. The minimum atomic E-state index is -1.28. The third-order valence-corrected chi connectivity index (χ3v) is 4.88. The zero-order valence-electron chi connectivity index (χ0n) is 21.7. The van der Waals surface area contributed by atoms with Crippen LogP contribution >= 0.6 is 11.6 Å². The Hall–Kier alpha value is -4.65. The van der Waals surface area contributed by atoms with Gasteiger partial charge in [-0.2, -0.15) is 0 Å². The second-order valence-electron chi connectivity index (χ2n) is 7.72. The molecule has 13 nitrogen and oxygen atoms in total. The van der Waals surface area contributed by atoms with E-state index in [-0.39, 0.29) is 19.6 Å². The standard InChI is InChI=1S/C13H14ClNO5.C13H15NO6/c1-19-12(17)10(7-11(14)16)15-13(18)20-8-9-5-3-2-4-6-9;1-19-12(17)10(7-11(15)16)14-13(18)20-8-9-5-3-2-4-6-9/h2-6,10H,7-8H2,1H3,(H,15,18);2-6,10H,7-8H2,1H3,(H,14,18)(H,15,16)/t2*10-/m00/s1. The number of halogens is 1. The molecule has 2 rings (SSSR count). The molecule has 0 aliphatic rings. The van der Waals surface area contributed by atoms with E-state index in [1.165, 1.54) is 0 Å². The number of hydrogen-bond acceptors (Lipinski definition) is 10. The fourth-order valence-electron chi connectivity index (χ4n) is 2.82. The summed E-state index contributed by atoms with van der Waals surface area (Å²) in [6, 6.07) is 15.5. The largest absolute Gasteiger partial charge is 0.481 e. The summed E-state index contributed by atoms with van der Waals surface area (Å²) in [4.78, 5) is 67.1. The first-order valence-corrected chi connectivity index (χ1v) is 11.9. The predicted molar refractivity (Wildman–Crippen MR) is 139 cm³/mol. The van der Waals surface area contributed by atoms with Gasteiger partial charge in [-0.3, -0.25) is 9.59 Å². The number of carboxylic acids is 1. The minimum absolute atomic E-state index is 0.0215. The first kappa shape index (κ1) is 33.4. The summed E-state index contributed by atoms with van der Waals surface area (Å²) in [7, 11) is 2.25. The van der Waals surface area contributed by atoms with Crippen LogP contribution in [-0.2, 0) is 51.3 Å². The summed E-state index contributed by atoms with van der Waals surface area (Å²) in [6.07, 6.45) is -2.66. The summed E-state index contributed by atoms with van der Waals surface area (Å²) in [5.41, 5.74) is 1.57. The SMILES string of the molecule is COC(=O)[C@H](CC(=O)Cl)NC(=O)OCc1ccccc1.COC(=O)[C@H](CC(=O)O)NC(=O)OCc1ccccc1. The molecular weight excluding hydrogens is 552 g/mol. The summed E-state index contributed by atoms with van der Waals surface area (Å²) >= 11 is 5.19. The summed E-state index contributed by atoms with van der Waals surface area (Å²) in [6.45, 7) is 0.0724. The van der Waals surface area contributed by atoms with E-state index in [1.807, 2.05) is 12.1 Å². The minimum Gasteiger partial charge on any atom is -0.481 e. The molecule has 2 aromatic carbocycles. The third kappa shape index (κ3) is 14.3. The van der Waals surface area contributed by atoms with Gasteiger partial charge in [-0.25, -0.2) is 19.2 Å². The maximum atomic E-state index is 11.5. The number of alkyl carbamates (subject to hydrolysis) is 2. The van der Waals surface area contributed by atoms with Crippen molar-refractivity contribution in [1.29, 1.82) is 0 Å². The number of aliphatic carboxylic acids is 1. The Morgan fingerprint density at radius 3 is 1.40 bits per heavy atom. The second kappa shape index (κ2) is 18.6. The number of amides is 2. The molecule has 0 saturated heterocycles. The van der Waals surface area contributed by atoms with Crippen LogP contribution in [0.1, 0.15) is 24.0 Å². The molecule has 0 saturated carbocycles. The van der Waals surface area contributed by atoms with Crippen LogP contribution in [0, 0.1) is 0 Å². The molecule has 0 bridgehead atoms. The Kier molecular flexibility index (Phi) is 15.5. The van der Waals surface area contributed by atoms with Crippen molar-refractivity contribution < 1.29 is 52.8 Å². The molecule has 0 aliphatic carbocycles. The number of benzene rings is 2. The van der Waals surface area contributed by atoms with Gasteiger partial charge in [0.15, 0.2) is 0 Å². The Morgan fingerprint density at radius 1 is 0.700 bits per heavy atom. The van der Waals surface area contributed by atoms with Crippen LogP contribution in [0.5, 0.6) is 0 Å². The van der Waals surface area contributed by atoms with Crippen molar-refractivity contribution in [2.45, 2.75) is 38.1 Å². The lowest BCUT2D eigenvalue weighted by molar-refractivity contribution is -0.148. The van der Waals surface area contributed by atoms with Gasteiger partial charge < -0.3 is 34.7 Å². The number of hydrogen-bond donors (Lipinski definition) is 3. The molecule has 40 heavy (non-hydrogen) atoms. The van der Waals surface area contributed by atoms with Crippen molar-refractivity contribution in [1.82, 2.24) is 10.6 Å². The molecule has 0 heterocycles. The van der Waals surface area contributed by atoms with E-state index in [0.717, 1.165) is 25.3 Å². The Bertz CT molecular complexity index is 1040. The van der Waals surface area contributed by atoms with E-state index in [2.05, 4.69) is 20.1 Å². The van der Waals surface area contributed by atoms with E-state index in [0.29, 0.717) is 0 Å². The van der Waals surface area contributed by atoms with Gasteiger partial charge in [0.25, 0.3) is 0 Å². The van der Waals surface area contributed by atoms with Gasteiger partial charge in [-0.1, -0.05) is 60.7 Å². The average molecular weight is 581 g/mol. The third-order valence-electron chi connectivity index (χ3n) is 4.72. The van der Waals surface area contributed by atoms with Crippen LogP contribution in [0.4, 0.5) is 9.59 Å². The number of methoxy groups -OCH3 is 2. The predicted octanol–water partition coefficient (Wildman–Crippen LogP) is 2.54. The first-order valence-electron chi connectivity index (χ1n) is 11.6. The number of carbonyl (C=O) groups excluding carboxylic acids is 5. The first-order chi connectivity index (χ1) is 19.0. The van der Waals surface area contributed by atoms with Crippen molar-refractivity contribution in [2.75, 3.05) is 14.2 Å². The van der Waals surface area contributed by atoms with E-state index in [1.54, 1.807) is 48.5 Å². The fourth-order valence-corrected chi connectivity index (χ4v) is 2.97. The molecule has 0 fully saturated rings. The van der Waals surface area contributed by atoms with Crippen LogP contribution in [0.15, 0.2) is 60.7 Å². The van der Waals surface area contributed by atoms with Crippen molar-refractivity contribution >= 4 is 46.9 Å². The van der Waals surface area contributed by atoms with Crippen molar-refractivity contribution in [3.05, 3.63) is 71.8 Å². The van der Waals surface area contributed by atoms with Gasteiger partial charge >= 0.3 is 30.1 Å². The number of ether oxygens (including phenoxy) is 4. The zero-order valence-corrected chi connectivity index (χ0v) is 22.4. The van der Waals surface area contributed by atoms with Crippen LogP contribution in [-0.4, -0.2) is 66.7 Å². The highest BCUT2D eigenvalue weighted by atomic mass is 35.5. The Balaban J connectivity index is 0.000000400. The monoisotopic (exact) mass is 580 g/mol. The van der Waals surface area contributed by atoms with Crippen LogP contribution < -0.4 is 10.6 Å². The lowest BCUT2D eigenvalue weighted by Gasteiger charge is -2.14. The van der Waals surface area contributed by atoms with Crippen molar-refractivity contribution in [2.24, 2.45) is 0 Å². The Morgan fingerprint density at radius 2 is 1.07 bits per heavy atom. The molecule has 0 unspecified atom stereocenters. The topological polar surface area (TPSA) is 184 Å². The van der Waals surface area contributed by atoms with E-state index < -0.39 is 53.8 Å². The van der Waals surface area contributed by atoms with E-state index >= 15 is 0 Å². The van der Waals surface area contributed by atoms with Gasteiger partial charge in [0.1, 0.15) is 25.3 Å². The van der Waals surface area contributed by atoms with E-state index in [9.17, 15) is 28.8 Å². The summed E-state index contributed by atoms with van der Waals surface area (Å²) in [5, 5.41) is 12.3. The van der Waals surface area contributed by atoms with Gasteiger partial charge in [-0.05, 0) is 22.7 Å². The van der Waals surface area contributed by atoms with Crippen LogP contribution in [0.2, 0.25) is 0 Å². The smallest absolute Gasteiger partial charge is 0.408 e. The molecule has 2 amide bonds. The quantitative estimate of drug-likeness (QED) is 0.190. The highest BCUT2D eigenvalue weighted by Crippen LogP contribution is 2.04. The molecule has 14 heteroatoms. The van der Waals surface area contributed by atoms with Crippen LogP contribution in [0.3, 0.4) is 0 Å². The number of nitrogens with one attached hydrogen (secondary N) is 2. The van der Waals surface area contributed by atoms with Gasteiger partial charge in [0.2, 0.25) is 5.24 Å². The van der Waals surface area contributed by atoms with Crippen molar-refractivity contribution in [3.63, 3.8) is 0 Å². The average Bonchev–Trinajstić information content (AvgIpc) is 2.94. The van der Waals surface area contributed by atoms with Crippen molar-refractivity contribution in [3.8, 4) is 0 Å². The molecule has 3 N–H and O–H groups in total. The maximum Gasteiger partial charge on any atom is 0.408 e. The molecule has 0 aliphatic heterocycles. The normalized spacial score (nSPS) is 11.3. The van der Waals surface area contributed by atoms with Gasteiger partial charge in [0, 0.05) is 0 Å². The summed E-state index contributed by atoms with van der Waals surface area (Å²) in [5.74, 6) is -2.84. The zero-order chi connectivity index (χ0) is 29.9. The fraction of sp³-hybridized carbons (Fsp3) is 0.308. The molecule has 0 aromatic heterocycles. The molecule has 216 valence electrons. The maximum absolute atomic E-state index is 11.5. The van der Waals surface area contributed by atoms with Gasteiger partial charge in [-0.15, -0.1) is 0 Å². The lowest BCUT2D eigenvalue weighted by Crippen LogP contribution is -2.43. The highest BCUT2D eigenvalue weighted by Gasteiger charge is 2.25. The number of carbonyl (C=O) groups is 6. The molecular formula is C26H29ClN2O11. The van der Waals surface area contributed by atoms with Crippen LogP contribution in [0.25, 0.3) is 0 Å². The number of carboxylic acid groups (broad SMARTS) is 1. The highest BCUT2D eigenvalue weighted by molar-refractivity contribution is 6.63. The molecule has 2 aromatic rings. The lowest BCUT2D eigenvalue weighted by atomic mass is 10.2. The number of rotatable bonds is 12. The molecule has 2 atom stereocenters. The molecule has 0 spiro atoms. The molecule has 0 radical (unpaired) electrons. The Labute approximate surface area is 234 Å². The van der Waals surface area contributed by atoms with E-state index in [4.69, 9.17) is 26.2 Å².